The van der Waals surface area contributed by atoms with Crippen LogP contribution in [0.1, 0.15) is 34.3 Å². The second kappa shape index (κ2) is 12.9. The SMILES string of the molecule is COc1cc2ccccc2cc1CN[C@H](c1ccccc1)[C@H](NCc1cc2ccccc2cc1OC)c1ccccc1. The lowest BCUT2D eigenvalue weighted by atomic mass is 9.92. The van der Waals surface area contributed by atoms with Crippen molar-refractivity contribution in [2.45, 2.75) is 25.2 Å². The molecule has 0 fully saturated rings. The number of fused-ring (bicyclic) bond motifs is 2. The van der Waals surface area contributed by atoms with Gasteiger partial charge in [-0.1, -0.05) is 109 Å². The molecule has 0 bridgehead atoms. The number of benzene rings is 6. The summed E-state index contributed by atoms with van der Waals surface area (Å²) >= 11 is 0. The van der Waals surface area contributed by atoms with Gasteiger partial charge in [0.15, 0.2) is 0 Å². The maximum absolute atomic E-state index is 5.83. The van der Waals surface area contributed by atoms with Crippen molar-refractivity contribution in [2.24, 2.45) is 0 Å². The number of hydrogen-bond donors (Lipinski definition) is 2. The minimum atomic E-state index is -0.0174. The van der Waals surface area contributed by atoms with Crippen LogP contribution in [0.2, 0.25) is 0 Å². The molecule has 0 saturated carbocycles. The van der Waals surface area contributed by atoms with Gasteiger partial charge in [-0.2, -0.15) is 0 Å². The normalized spacial score (nSPS) is 12.7. The fraction of sp³-hybridized carbons (Fsp3) is 0.158. The molecule has 0 radical (unpaired) electrons. The highest BCUT2D eigenvalue weighted by Gasteiger charge is 2.25. The molecule has 6 aromatic carbocycles. The minimum Gasteiger partial charge on any atom is -0.496 e. The summed E-state index contributed by atoms with van der Waals surface area (Å²) in [5, 5.41) is 12.6. The summed E-state index contributed by atoms with van der Waals surface area (Å²) in [7, 11) is 3.49. The number of ether oxygens (including phenoxy) is 2. The van der Waals surface area contributed by atoms with Gasteiger partial charge in [0.25, 0.3) is 0 Å². The van der Waals surface area contributed by atoms with Crippen molar-refractivity contribution in [1.29, 1.82) is 0 Å². The molecule has 0 spiro atoms. The number of rotatable bonds is 11. The summed E-state index contributed by atoms with van der Waals surface area (Å²) in [6, 6.07) is 46.9. The number of nitrogens with one attached hydrogen (secondary N) is 2. The Bertz CT molecular complexity index is 1640. The van der Waals surface area contributed by atoms with E-state index in [1.807, 2.05) is 0 Å². The minimum absolute atomic E-state index is 0.0174. The fourth-order valence-corrected chi connectivity index (χ4v) is 5.81. The van der Waals surface area contributed by atoms with Crippen LogP contribution < -0.4 is 20.1 Å². The zero-order chi connectivity index (χ0) is 28.7. The molecular weight excluding hydrogens is 516 g/mol. The summed E-state index contributed by atoms with van der Waals surface area (Å²) in [6.07, 6.45) is 0. The third-order valence-corrected chi connectivity index (χ3v) is 7.97. The van der Waals surface area contributed by atoms with Gasteiger partial charge in [-0.3, -0.25) is 0 Å². The molecule has 2 N–H and O–H groups in total. The van der Waals surface area contributed by atoms with E-state index in [1.165, 1.54) is 32.7 Å². The monoisotopic (exact) mass is 552 g/mol. The van der Waals surface area contributed by atoms with Crippen molar-refractivity contribution in [2.75, 3.05) is 14.2 Å². The molecule has 6 rings (SSSR count). The van der Waals surface area contributed by atoms with E-state index in [0.29, 0.717) is 13.1 Å². The smallest absolute Gasteiger partial charge is 0.123 e. The van der Waals surface area contributed by atoms with Gasteiger partial charge in [0.05, 0.1) is 26.3 Å². The third-order valence-electron chi connectivity index (χ3n) is 7.97. The third kappa shape index (κ3) is 6.01. The highest BCUT2D eigenvalue weighted by atomic mass is 16.5. The molecule has 2 atom stereocenters. The predicted molar refractivity (Wildman–Crippen MR) is 173 cm³/mol. The Labute approximate surface area is 247 Å². The quantitative estimate of drug-likeness (QED) is 0.169. The lowest BCUT2D eigenvalue weighted by Crippen LogP contribution is -2.35. The van der Waals surface area contributed by atoms with Crippen LogP contribution in [0.3, 0.4) is 0 Å². The molecule has 210 valence electrons. The van der Waals surface area contributed by atoms with E-state index in [9.17, 15) is 0 Å². The molecule has 42 heavy (non-hydrogen) atoms. The van der Waals surface area contributed by atoms with Crippen LogP contribution in [-0.2, 0) is 13.1 Å². The highest BCUT2D eigenvalue weighted by Crippen LogP contribution is 2.33. The summed E-state index contributed by atoms with van der Waals surface area (Å²) in [6.45, 7) is 1.30. The van der Waals surface area contributed by atoms with Gasteiger partial charge in [0.1, 0.15) is 11.5 Å². The molecule has 0 unspecified atom stereocenters. The number of methoxy groups -OCH3 is 2. The van der Waals surface area contributed by atoms with Gasteiger partial charge in [0, 0.05) is 24.2 Å². The first-order chi connectivity index (χ1) is 20.7. The standard InChI is InChI=1S/C38H36N2O2/c1-41-35-23-31-19-11-9-17-29(31)21-33(35)25-39-37(27-13-5-3-6-14-27)38(28-15-7-4-8-16-28)40-26-34-22-30-18-10-12-20-32(30)24-36(34)42-2/h3-24,37-40H,25-26H2,1-2H3/t37-,38-/m1/s1. The molecule has 0 saturated heterocycles. The molecule has 0 amide bonds. The van der Waals surface area contributed by atoms with Crippen molar-refractivity contribution < 1.29 is 9.47 Å². The van der Waals surface area contributed by atoms with E-state index >= 15 is 0 Å². The Morgan fingerprint density at radius 1 is 0.452 bits per heavy atom. The summed E-state index contributed by atoms with van der Waals surface area (Å²) in [4.78, 5) is 0. The van der Waals surface area contributed by atoms with Gasteiger partial charge in [-0.25, -0.2) is 0 Å². The maximum Gasteiger partial charge on any atom is 0.123 e. The molecule has 4 nitrogen and oxygen atoms in total. The summed E-state index contributed by atoms with van der Waals surface area (Å²) < 4.78 is 11.7. The van der Waals surface area contributed by atoms with Crippen molar-refractivity contribution in [3.05, 3.63) is 156 Å². The van der Waals surface area contributed by atoms with Crippen molar-refractivity contribution >= 4 is 21.5 Å². The zero-order valence-electron chi connectivity index (χ0n) is 24.1. The molecule has 0 heterocycles. The van der Waals surface area contributed by atoms with Gasteiger partial charge in [0.2, 0.25) is 0 Å². The zero-order valence-corrected chi connectivity index (χ0v) is 24.1. The molecule has 0 aliphatic rings. The molecular formula is C38H36N2O2. The Morgan fingerprint density at radius 3 is 1.14 bits per heavy atom. The molecule has 6 aromatic rings. The van der Waals surface area contributed by atoms with Crippen LogP contribution in [0.15, 0.2) is 133 Å². The average Bonchev–Trinajstić information content (AvgIpc) is 3.06. The largest absolute Gasteiger partial charge is 0.496 e. The molecule has 0 aliphatic heterocycles. The lowest BCUT2D eigenvalue weighted by molar-refractivity contribution is 0.366. The van der Waals surface area contributed by atoms with Gasteiger partial charge >= 0.3 is 0 Å². The van der Waals surface area contributed by atoms with E-state index in [4.69, 9.17) is 9.47 Å². The first kappa shape index (κ1) is 27.5. The van der Waals surface area contributed by atoms with E-state index in [-0.39, 0.29) is 12.1 Å². The molecule has 4 heteroatoms. The van der Waals surface area contributed by atoms with Crippen LogP contribution >= 0.6 is 0 Å². The average molecular weight is 553 g/mol. The molecule has 0 aromatic heterocycles. The van der Waals surface area contributed by atoms with Crippen LogP contribution in [0.4, 0.5) is 0 Å². The summed E-state index contributed by atoms with van der Waals surface area (Å²) in [5.74, 6) is 1.77. The second-order valence-electron chi connectivity index (χ2n) is 10.6. The van der Waals surface area contributed by atoms with Crippen molar-refractivity contribution in [3.63, 3.8) is 0 Å². The second-order valence-corrected chi connectivity index (χ2v) is 10.6. The van der Waals surface area contributed by atoms with Crippen LogP contribution in [0.5, 0.6) is 11.5 Å². The Hall–Kier alpha value is -4.64. The Balaban J connectivity index is 1.35. The van der Waals surface area contributed by atoms with Crippen LogP contribution in [0.25, 0.3) is 21.5 Å². The summed E-state index contributed by atoms with van der Waals surface area (Å²) in [5.41, 5.74) is 4.67. The van der Waals surface area contributed by atoms with Gasteiger partial charge < -0.3 is 20.1 Å². The van der Waals surface area contributed by atoms with Crippen molar-refractivity contribution in [1.82, 2.24) is 10.6 Å². The first-order valence-corrected chi connectivity index (χ1v) is 14.4. The van der Waals surface area contributed by atoms with Gasteiger partial charge in [-0.15, -0.1) is 0 Å². The van der Waals surface area contributed by atoms with Crippen LogP contribution in [-0.4, -0.2) is 14.2 Å². The highest BCUT2D eigenvalue weighted by molar-refractivity contribution is 5.85. The van der Waals surface area contributed by atoms with E-state index < -0.39 is 0 Å². The van der Waals surface area contributed by atoms with Crippen molar-refractivity contribution in [3.8, 4) is 11.5 Å². The lowest BCUT2D eigenvalue weighted by Gasteiger charge is -2.31. The van der Waals surface area contributed by atoms with Gasteiger partial charge in [-0.05, 0) is 56.9 Å². The fourth-order valence-electron chi connectivity index (χ4n) is 5.81. The molecule has 0 aliphatic carbocycles. The Morgan fingerprint density at radius 2 is 0.786 bits per heavy atom. The number of hydrogen-bond acceptors (Lipinski definition) is 4. The Kier molecular flexibility index (Phi) is 8.46. The maximum atomic E-state index is 5.83. The van der Waals surface area contributed by atoms with Crippen LogP contribution in [0, 0.1) is 0 Å². The van der Waals surface area contributed by atoms with E-state index in [0.717, 1.165) is 22.6 Å². The van der Waals surface area contributed by atoms with E-state index in [1.54, 1.807) is 14.2 Å². The first-order valence-electron chi connectivity index (χ1n) is 14.4. The van der Waals surface area contributed by atoms with E-state index in [2.05, 4.69) is 144 Å². The predicted octanol–water partition coefficient (Wildman–Crippen LogP) is 8.37. The topological polar surface area (TPSA) is 42.5 Å².